The molecule has 2 aliphatic rings. The highest BCUT2D eigenvalue weighted by Gasteiger charge is 2.34. The maximum atomic E-state index is 13.1. The molecular formula is C24H34N4O2S. The van der Waals surface area contributed by atoms with Gasteiger partial charge < -0.3 is 19.9 Å². The Kier molecular flexibility index (Phi) is 7.58. The van der Waals surface area contributed by atoms with Gasteiger partial charge in [0.05, 0.1) is 12.1 Å². The number of pyridine rings is 1. The van der Waals surface area contributed by atoms with Crippen molar-refractivity contribution in [2.45, 2.75) is 45.3 Å². The standard InChI is InChI=1S/C24H34N4O2S/c1-3-18(4-2)17-30-19-15-21(26-16-19)24(29)28-12-10-27(11-13-28)23-20(7-5-9-25-23)22-8-6-14-31-22/h5-9,14,18-19,21,26H,3-4,10-13,15-17H2,1-2H3/t19-,21-/m1/s1. The Morgan fingerprint density at radius 3 is 2.74 bits per heavy atom. The number of carbonyl (C=O) groups excluding carboxylic acids is 1. The zero-order valence-electron chi connectivity index (χ0n) is 18.6. The molecule has 6 nitrogen and oxygen atoms in total. The van der Waals surface area contributed by atoms with Gasteiger partial charge in [-0.25, -0.2) is 4.98 Å². The van der Waals surface area contributed by atoms with Crippen LogP contribution in [0.4, 0.5) is 5.82 Å². The Morgan fingerprint density at radius 2 is 2.03 bits per heavy atom. The Hall–Kier alpha value is -1.96. The van der Waals surface area contributed by atoms with Crippen LogP contribution in [-0.2, 0) is 9.53 Å². The summed E-state index contributed by atoms with van der Waals surface area (Å²) in [6, 6.07) is 8.22. The fourth-order valence-corrected chi connectivity index (χ4v) is 5.19. The van der Waals surface area contributed by atoms with E-state index in [9.17, 15) is 4.79 Å². The molecule has 0 saturated carbocycles. The lowest BCUT2D eigenvalue weighted by Gasteiger charge is -2.37. The van der Waals surface area contributed by atoms with Crippen LogP contribution in [0.15, 0.2) is 35.8 Å². The summed E-state index contributed by atoms with van der Waals surface area (Å²) in [5.74, 6) is 1.85. The predicted octanol–water partition coefficient (Wildman–Crippen LogP) is 3.64. The summed E-state index contributed by atoms with van der Waals surface area (Å²) < 4.78 is 6.09. The predicted molar refractivity (Wildman–Crippen MR) is 127 cm³/mol. The lowest BCUT2D eigenvalue weighted by Crippen LogP contribution is -2.53. The smallest absolute Gasteiger partial charge is 0.239 e. The second-order valence-corrected chi connectivity index (χ2v) is 9.45. The second kappa shape index (κ2) is 10.6. The highest BCUT2D eigenvalue weighted by atomic mass is 32.1. The number of hydrogen-bond acceptors (Lipinski definition) is 6. The molecule has 0 aliphatic carbocycles. The molecule has 2 aromatic heterocycles. The number of anilines is 1. The van der Waals surface area contributed by atoms with Crippen LogP contribution in [0.1, 0.15) is 33.1 Å². The second-order valence-electron chi connectivity index (χ2n) is 8.50. The van der Waals surface area contributed by atoms with E-state index in [1.165, 1.54) is 10.4 Å². The number of hydrogen-bond donors (Lipinski definition) is 1. The third-order valence-electron chi connectivity index (χ3n) is 6.58. The van der Waals surface area contributed by atoms with Gasteiger partial charge in [-0.3, -0.25) is 4.79 Å². The molecule has 2 atom stereocenters. The maximum Gasteiger partial charge on any atom is 0.239 e. The molecule has 2 fully saturated rings. The molecular weight excluding hydrogens is 408 g/mol. The average molecular weight is 443 g/mol. The number of rotatable bonds is 8. The molecule has 168 valence electrons. The molecule has 2 saturated heterocycles. The highest BCUT2D eigenvalue weighted by Crippen LogP contribution is 2.32. The molecule has 4 heterocycles. The van der Waals surface area contributed by atoms with Crippen LogP contribution in [0, 0.1) is 5.92 Å². The zero-order chi connectivity index (χ0) is 21.6. The quantitative estimate of drug-likeness (QED) is 0.676. The van der Waals surface area contributed by atoms with Crippen LogP contribution in [0.2, 0.25) is 0 Å². The van der Waals surface area contributed by atoms with E-state index in [4.69, 9.17) is 4.74 Å². The molecule has 0 radical (unpaired) electrons. The van der Waals surface area contributed by atoms with Crippen molar-refractivity contribution in [1.82, 2.24) is 15.2 Å². The van der Waals surface area contributed by atoms with E-state index in [0.29, 0.717) is 5.92 Å². The third-order valence-corrected chi connectivity index (χ3v) is 7.48. The molecule has 0 spiro atoms. The van der Waals surface area contributed by atoms with E-state index in [1.807, 2.05) is 17.2 Å². The van der Waals surface area contributed by atoms with Gasteiger partial charge in [0.1, 0.15) is 5.82 Å². The Balaban J connectivity index is 1.29. The monoisotopic (exact) mass is 442 g/mol. The number of nitrogens with zero attached hydrogens (tertiary/aromatic N) is 3. The molecule has 0 unspecified atom stereocenters. The van der Waals surface area contributed by atoms with Gasteiger partial charge in [-0.15, -0.1) is 11.3 Å². The summed E-state index contributed by atoms with van der Waals surface area (Å²) in [4.78, 5) is 23.3. The minimum atomic E-state index is -0.116. The largest absolute Gasteiger partial charge is 0.377 e. The van der Waals surface area contributed by atoms with Crippen molar-refractivity contribution >= 4 is 23.1 Å². The third kappa shape index (κ3) is 5.27. The van der Waals surface area contributed by atoms with Crippen LogP contribution in [0.3, 0.4) is 0 Å². The lowest BCUT2D eigenvalue weighted by atomic mass is 10.1. The molecule has 0 bridgehead atoms. The summed E-state index contributed by atoms with van der Waals surface area (Å²) >= 11 is 1.73. The van der Waals surface area contributed by atoms with Crippen LogP contribution < -0.4 is 10.2 Å². The fraction of sp³-hybridized carbons (Fsp3) is 0.583. The molecule has 1 amide bonds. The molecule has 7 heteroatoms. The number of nitrogens with one attached hydrogen (secondary N) is 1. The van der Waals surface area contributed by atoms with Gasteiger partial charge in [0.15, 0.2) is 0 Å². The topological polar surface area (TPSA) is 57.7 Å². The van der Waals surface area contributed by atoms with E-state index in [1.54, 1.807) is 11.3 Å². The van der Waals surface area contributed by atoms with E-state index in [2.05, 4.69) is 52.6 Å². The lowest BCUT2D eigenvalue weighted by molar-refractivity contribution is -0.133. The number of amides is 1. The van der Waals surface area contributed by atoms with Gasteiger partial charge in [-0.2, -0.15) is 0 Å². The number of thiophene rings is 1. The summed E-state index contributed by atoms with van der Waals surface area (Å²) in [5.41, 5.74) is 1.17. The van der Waals surface area contributed by atoms with E-state index in [0.717, 1.165) is 64.4 Å². The van der Waals surface area contributed by atoms with Crippen molar-refractivity contribution < 1.29 is 9.53 Å². The van der Waals surface area contributed by atoms with Gasteiger partial charge in [-0.1, -0.05) is 32.8 Å². The minimum Gasteiger partial charge on any atom is -0.377 e. The van der Waals surface area contributed by atoms with Crippen LogP contribution in [-0.4, -0.2) is 67.3 Å². The minimum absolute atomic E-state index is 0.116. The number of carbonyl (C=O) groups is 1. The zero-order valence-corrected chi connectivity index (χ0v) is 19.4. The van der Waals surface area contributed by atoms with Crippen LogP contribution in [0.25, 0.3) is 10.4 Å². The molecule has 2 aromatic rings. The van der Waals surface area contributed by atoms with Gasteiger partial charge in [-0.05, 0) is 35.9 Å². The van der Waals surface area contributed by atoms with E-state index in [-0.39, 0.29) is 18.1 Å². The summed E-state index contributed by atoms with van der Waals surface area (Å²) in [7, 11) is 0. The first-order valence-corrected chi connectivity index (χ1v) is 12.4. The van der Waals surface area contributed by atoms with Crippen molar-refractivity contribution in [3.8, 4) is 10.4 Å². The normalized spacial score (nSPS) is 21.8. The van der Waals surface area contributed by atoms with Gasteiger partial charge in [0.2, 0.25) is 5.91 Å². The summed E-state index contributed by atoms with van der Waals surface area (Å²) in [5, 5.41) is 5.49. The van der Waals surface area contributed by atoms with Crippen molar-refractivity contribution in [3.63, 3.8) is 0 Å². The maximum absolute atomic E-state index is 13.1. The first-order valence-electron chi connectivity index (χ1n) is 11.6. The number of aromatic nitrogens is 1. The van der Waals surface area contributed by atoms with Crippen molar-refractivity contribution in [3.05, 3.63) is 35.8 Å². The summed E-state index contributed by atoms with van der Waals surface area (Å²) in [6.45, 7) is 9.08. The van der Waals surface area contributed by atoms with Gasteiger partial charge in [0, 0.05) is 56.0 Å². The first-order chi connectivity index (χ1) is 15.2. The summed E-state index contributed by atoms with van der Waals surface area (Å²) in [6.07, 6.45) is 5.08. The highest BCUT2D eigenvalue weighted by molar-refractivity contribution is 7.13. The molecule has 2 aliphatic heterocycles. The van der Waals surface area contributed by atoms with E-state index >= 15 is 0 Å². The number of ether oxygens (including phenoxy) is 1. The molecule has 1 N–H and O–H groups in total. The number of piperazine rings is 1. The van der Waals surface area contributed by atoms with Crippen molar-refractivity contribution in [1.29, 1.82) is 0 Å². The SMILES string of the molecule is CCC(CC)CO[C@H]1CN[C@@H](C(=O)N2CCN(c3ncccc3-c3cccs3)CC2)C1. The van der Waals surface area contributed by atoms with Crippen LogP contribution >= 0.6 is 11.3 Å². The Bertz CT molecular complexity index is 832. The Morgan fingerprint density at radius 1 is 1.23 bits per heavy atom. The average Bonchev–Trinajstić information content (AvgIpc) is 3.52. The van der Waals surface area contributed by atoms with Gasteiger partial charge in [0.25, 0.3) is 0 Å². The molecule has 0 aromatic carbocycles. The molecule has 4 rings (SSSR count). The van der Waals surface area contributed by atoms with Crippen LogP contribution in [0.5, 0.6) is 0 Å². The first kappa shape index (κ1) is 22.2. The van der Waals surface area contributed by atoms with E-state index < -0.39 is 0 Å². The van der Waals surface area contributed by atoms with Crippen molar-refractivity contribution in [2.24, 2.45) is 5.92 Å². The van der Waals surface area contributed by atoms with Crippen molar-refractivity contribution in [2.75, 3.05) is 44.2 Å². The Labute approximate surface area is 189 Å². The van der Waals surface area contributed by atoms with Gasteiger partial charge >= 0.3 is 0 Å². The fourth-order valence-electron chi connectivity index (χ4n) is 4.45. The molecule has 31 heavy (non-hydrogen) atoms.